The second-order valence-electron chi connectivity index (χ2n) is 19.0. The van der Waals surface area contributed by atoms with Gasteiger partial charge in [0.1, 0.15) is 35.3 Å². The molecule has 0 saturated carbocycles. The van der Waals surface area contributed by atoms with Gasteiger partial charge in [-0.15, -0.1) is 0 Å². The summed E-state index contributed by atoms with van der Waals surface area (Å²) in [5.74, 6) is 0.455. The number of anilines is 1. The Morgan fingerprint density at radius 1 is 0.434 bits per heavy atom. The first-order valence-corrected chi connectivity index (χ1v) is 25.7. The Morgan fingerprint density at radius 2 is 0.776 bits per heavy atom. The summed E-state index contributed by atoms with van der Waals surface area (Å²) >= 11 is 0. The molecule has 1 N–H and O–H groups in total. The van der Waals surface area contributed by atoms with E-state index in [1.54, 1.807) is 10.9 Å². The minimum absolute atomic E-state index is 0.0864. The maximum atomic E-state index is 18.9. The first-order chi connectivity index (χ1) is 37.6. The average molecular weight is 996 g/mol. The number of nitrogens with zero attached hydrogens (tertiary/aromatic N) is 4. The van der Waals surface area contributed by atoms with Gasteiger partial charge in [0.05, 0.1) is 12.9 Å². The number of hydrogen-bond acceptors (Lipinski definition) is 7. The Hall–Kier alpha value is -8.86. The number of nitrogens with one attached hydrogen (secondary N) is 1. The molecule has 0 spiro atoms. The van der Waals surface area contributed by atoms with E-state index >= 15 is 4.39 Å². The van der Waals surface area contributed by atoms with E-state index in [1.165, 1.54) is 6.33 Å². The van der Waals surface area contributed by atoms with E-state index in [-0.39, 0.29) is 6.61 Å². The van der Waals surface area contributed by atoms with E-state index in [9.17, 15) is 0 Å². The van der Waals surface area contributed by atoms with Crippen LogP contribution in [-0.2, 0) is 31.0 Å². The zero-order chi connectivity index (χ0) is 51.2. The largest absolute Gasteiger partial charge is 0.358 e. The molecular formula is C67H54FN5O3. The van der Waals surface area contributed by atoms with E-state index in [1.807, 2.05) is 200 Å². The maximum Gasteiger partial charge on any atom is 0.174 e. The van der Waals surface area contributed by atoms with Gasteiger partial charge in [-0.25, -0.2) is 19.3 Å². The molecule has 1 saturated heterocycles. The number of benzene rings is 9. The zero-order valence-electron chi connectivity index (χ0n) is 41.5. The molecule has 4 atom stereocenters. The number of rotatable bonds is 17. The summed E-state index contributed by atoms with van der Waals surface area (Å²) in [5.41, 5.74) is 5.57. The van der Waals surface area contributed by atoms with E-state index in [4.69, 9.17) is 29.2 Å². The van der Waals surface area contributed by atoms with Crippen LogP contribution in [0.2, 0.25) is 0 Å². The molecule has 1 aliphatic heterocycles. The van der Waals surface area contributed by atoms with Crippen molar-refractivity contribution in [2.75, 3.05) is 11.9 Å². The molecule has 3 heterocycles. The van der Waals surface area contributed by atoms with Gasteiger partial charge >= 0.3 is 0 Å². The van der Waals surface area contributed by atoms with Crippen molar-refractivity contribution < 1.29 is 18.6 Å². The van der Waals surface area contributed by atoms with E-state index in [0.29, 0.717) is 17.0 Å². The van der Waals surface area contributed by atoms with Gasteiger partial charge in [0.2, 0.25) is 0 Å². The van der Waals surface area contributed by atoms with Gasteiger partial charge in [-0.05, 0) is 50.1 Å². The maximum absolute atomic E-state index is 18.9. The molecule has 372 valence electrons. The highest BCUT2D eigenvalue weighted by Gasteiger charge is 2.54. The van der Waals surface area contributed by atoms with Gasteiger partial charge in [-0.2, -0.15) is 0 Å². The molecule has 0 amide bonds. The fourth-order valence-corrected chi connectivity index (χ4v) is 11.2. The van der Waals surface area contributed by atoms with Crippen molar-refractivity contribution in [3.8, 4) is 0 Å². The van der Waals surface area contributed by atoms with Crippen LogP contribution in [-0.4, -0.2) is 44.5 Å². The predicted molar refractivity (Wildman–Crippen MR) is 296 cm³/mol. The van der Waals surface area contributed by atoms with Crippen molar-refractivity contribution in [2.24, 2.45) is 0 Å². The van der Waals surface area contributed by atoms with Crippen molar-refractivity contribution in [1.29, 1.82) is 0 Å². The third-order valence-corrected chi connectivity index (χ3v) is 14.7. The number of imidazole rings is 1. The lowest BCUT2D eigenvalue weighted by Gasteiger charge is -2.40. The van der Waals surface area contributed by atoms with Crippen LogP contribution in [0.4, 0.5) is 10.2 Å². The fourth-order valence-electron chi connectivity index (χ4n) is 11.2. The molecule has 1 fully saturated rings. The Morgan fingerprint density at radius 3 is 1.14 bits per heavy atom. The van der Waals surface area contributed by atoms with Crippen LogP contribution < -0.4 is 5.32 Å². The lowest BCUT2D eigenvalue weighted by Crippen LogP contribution is -2.45. The van der Waals surface area contributed by atoms with Crippen LogP contribution >= 0.6 is 0 Å². The Kier molecular flexibility index (Phi) is 13.4. The van der Waals surface area contributed by atoms with Crippen LogP contribution in [0, 0.1) is 0 Å². The summed E-state index contributed by atoms with van der Waals surface area (Å²) in [6.07, 6.45) is -2.20. The minimum atomic E-state index is -1.79. The lowest BCUT2D eigenvalue weighted by molar-refractivity contribution is -0.128. The molecule has 2 aromatic heterocycles. The molecule has 76 heavy (non-hydrogen) atoms. The second-order valence-corrected chi connectivity index (χ2v) is 19.0. The van der Waals surface area contributed by atoms with Crippen LogP contribution in [0.25, 0.3) is 11.2 Å². The van der Waals surface area contributed by atoms with Crippen LogP contribution in [0.1, 0.15) is 56.3 Å². The highest BCUT2D eigenvalue weighted by Crippen LogP contribution is 2.48. The summed E-state index contributed by atoms with van der Waals surface area (Å²) < 4.78 is 42.9. The normalized spacial score (nSPS) is 16.9. The quantitative estimate of drug-likeness (QED) is 0.0910. The van der Waals surface area contributed by atoms with Crippen molar-refractivity contribution >= 4 is 17.0 Å². The van der Waals surface area contributed by atoms with Gasteiger partial charge in [0, 0.05) is 0 Å². The van der Waals surface area contributed by atoms with Crippen molar-refractivity contribution in [1.82, 2.24) is 19.5 Å². The van der Waals surface area contributed by atoms with E-state index in [2.05, 4.69) is 78.1 Å². The minimum Gasteiger partial charge on any atom is -0.358 e. The third-order valence-electron chi connectivity index (χ3n) is 14.7. The molecule has 0 unspecified atom stereocenters. The third kappa shape index (κ3) is 8.64. The summed E-state index contributed by atoms with van der Waals surface area (Å²) in [5, 5.41) is 3.88. The van der Waals surface area contributed by atoms with Gasteiger partial charge in [0.15, 0.2) is 29.4 Å². The standard InChI is InChI=1S/C67H54FN5O3/c68-59-61(76-67(55-40-22-7-23-41-55,56-42-24-8-25-43-56)57-44-26-9-27-45-57)58(46-74-66(52-34-16-4-17-35-52,53-36-18-5-19-37-53)54-38-20-6-21-39-54)75-64(59)73-48-71-60-62(69-47-70-63(60)73)72-65(49-28-10-1-11-29-49,50-30-12-2-13-31-50)51-32-14-3-15-33-51/h1-45,47-48,58-59,61,64H,46H2,(H,69,70,72)/t58-,59+,61-,64-/m1/s1. The van der Waals surface area contributed by atoms with Crippen molar-refractivity contribution in [3.63, 3.8) is 0 Å². The van der Waals surface area contributed by atoms with Gasteiger partial charge in [0.25, 0.3) is 0 Å². The SMILES string of the molecule is F[C@H]1[C@H](OC(c2ccccc2)(c2ccccc2)c2ccccc2)[C@@H](COC(c2ccccc2)(c2ccccc2)c2ccccc2)O[C@H]1n1cnc2c(NC(c3ccccc3)(c3ccccc3)c3ccccc3)ncnc21. The summed E-state index contributed by atoms with van der Waals surface area (Å²) in [4.78, 5) is 14.7. The Bertz CT molecular complexity index is 3310. The Labute approximate surface area is 442 Å². The summed E-state index contributed by atoms with van der Waals surface area (Å²) in [7, 11) is 0. The van der Waals surface area contributed by atoms with Crippen LogP contribution in [0.5, 0.6) is 0 Å². The van der Waals surface area contributed by atoms with Crippen LogP contribution in [0.3, 0.4) is 0 Å². The van der Waals surface area contributed by atoms with Crippen molar-refractivity contribution in [2.45, 2.75) is 41.3 Å². The molecule has 0 aliphatic carbocycles. The van der Waals surface area contributed by atoms with Gasteiger partial charge in [-0.1, -0.05) is 273 Å². The summed E-state index contributed by atoms with van der Waals surface area (Å²) in [6.45, 7) is -0.0864. The first kappa shape index (κ1) is 48.1. The molecule has 9 heteroatoms. The molecule has 12 rings (SSSR count). The predicted octanol–water partition coefficient (Wildman–Crippen LogP) is 13.9. The lowest BCUT2D eigenvalue weighted by atomic mass is 9.77. The zero-order valence-corrected chi connectivity index (χ0v) is 41.5. The average Bonchev–Trinajstić information content (AvgIpc) is 4.08. The highest BCUT2D eigenvalue weighted by molar-refractivity contribution is 5.84. The number of halogens is 1. The van der Waals surface area contributed by atoms with Crippen molar-refractivity contribution in [3.05, 3.63) is 336 Å². The van der Waals surface area contributed by atoms with Crippen LogP contribution in [0.15, 0.2) is 286 Å². The molecule has 0 radical (unpaired) electrons. The second kappa shape index (κ2) is 21.2. The summed E-state index contributed by atoms with van der Waals surface area (Å²) in [6, 6.07) is 91.4. The number of hydrogen-bond donors (Lipinski definition) is 1. The highest BCUT2D eigenvalue weighted by atomic mass is 19.1. The molecule has 9 aromatic carbocycles. The Balaban J connectivity index is 1.01. The molecular weight excluding hydrogens is 942 g/mol. The molecule has 0 bridgehead atoms. The van der Waals surface area contributed by atoms with Gasteiger partial charge in [-0.3, -0.25) is 4.57 Å². The van der Waals surface area contributed by atoms with Gasteiger partial charge < -0.3 is 19.5 Å². The smallest absolute Gasteiger partial charge is 0.174 e. The van der Waals surface area contributed by atoms with E-state index < -0.39 is 41.3 Å². The first-order valence-electron chi connectivity index (χ1n) is 25.7. The van der Waals surface area contributed by atoms with E-state index in [0.717, 1.165) is 50.1 Å². The molecule has 8 nitrogen and oxygen atoms in total. The fraction of sp³-hybridized carbons (Fsp3) is 0.119. The number of alkyl halides is 1. The topological polar surface area (TPSA) is 83.3 Å². The number of aromatic nitrogens is 4. The number of ether oxygens (including phenoxy) is 3. The number of fused-ring (bicyclic) bond motifs is 1. The molecule has 1 aliphatic rings. The molecule has 11 aromatic rings. The monoisotopic (exact) mass is 995 g/mol.